The van der Waals surface area contributed by atoms with E-state index in [0.29, 0.717) is 32.8 Å². The zero-order valence-electron chi connectivity index (χ0n) is 12.6. The van der Waals surface area contributed by atoms with Gasteiger partial charge in [0.2, 0.25) is 0 Å². The number of carbonyl (C=O) groups is 2. The number of aliphatic carboxylic acids is 1. The van der Waals surface area contributed by atoms with Crippen LogP contribution in [0.4, 0.5) is 0 Å². The van der Waals surface area contributed by atoms with E-state index in [9.17, 15) is 9.59 Å². The van der Waals surface area contributed by atoms with Crippen LogP contribution < -0.4 is 0 Å². The number of ether oxygens (including phenoxy) is 3. The predicted molar refractivity (Wildman–Crippen MR) is 73.8 cm³/mol. The molecule has 0 aliphatic heterocycles. The summed E-state index contributed by atoms with van der Waals surface area (Å²) in [6.45, 7) is 5.87. The highest BCUT2D eigenvalue weighted by atomic mass is 16.5. The number of hydrogen-bond acceptors (Lipinski definition) is 5. The molecule has 2 unspecified atom stereocenters. The lowest BCUT2D eigenvalue weighted by Gasteiger charge is -2.16. The van der Waals surface area contributed by atoms with E-state index in [0.717, 1.165) is 0 Å². The Morgan fingerprint density at radius 1 is 1.10 bits per heavy atom. The molecule has 20 heavy (non-hydrogen) atoms. The number of carboxylic acids is 1. The maximum Gasteiger partial charge on any atom is 0.303 e. The van der Waals surface area contributed by atoms with Crippen molar-refractivity contribution in [1.29, 1.82) is 0 Å². The van der Waals surface area contributed by atoms with Crippen molar-refractivity contribution in [3.63, 3.8) is 0 Å². The number of Topliss-reactive ketones (excluding diaryl/α,β-unsaturated/α-hetero) is 1. The van der Waals surface area contributed by atoms with E-state index < -0.39 is 5.97 Å². The van der Waals surface area contributed by atoms with Gasteiger partial charge in [-0.05, 0) is 12.8 Å². The third-order valence-corrected chi connectivity index (χ3v) is 2.64. The highest BCUT2D eigenvalue weighted by Crippen LogP contribution is 2.08. The van der Waals surface area contributed by atoms with E-state index in [1.165, 1.54) is 0 Å². The van der Waals surface area contributed by atoms with E-state index in [1.807, 2.05) is 13.8 Å². The van der Waals surface area contributed by atoms with E-state index in [4.69, 9.17) is 19.3 Å². The van der Waals surface area contributed by atoms with Gasteiger partial charge in [-0.1, -0.05) is 6.92 Å². The van der Waals surface area contributed by atoms with Crippen LogP contribution in [0.3, 0.4) is 0 Å². The molecule has 0 saturated carbocycles. The summed E-state index contributed by atoms with van der Waals surface area (Å²) in [6, 6.07) is 0. The van der Waals surface area contributed by atoms with Gasteiger partial charge in [-0.15, -0.1) is 0 Å². The zero-order valence-corrected chi connectivity index (χ0v) is 12.6. The van der Waals surface area contributed by atoms with E-state index in [1.54, 1.807) is 7.11 Å². The maximum atomic E-state index is 11.5. The molecule has 0 radical (unpaired) electrons. The van der Waals surface area contributed by atoms with Crippen LogP contribution >= 0.6 is 0 Å². The van der Waals surface area contributed by atoms with Crippen LogP contribution in [0.5, 0.6) is 0 Å². The second-order valence-corrected chi connectivity index (χ2v) is 4.95. The van der Waals surface area contributed by atoms with Crippen LogP contribution in [-0.4, -0.2) is 56.5 Å². The second kappa shape index (κ2) is 11.8. The average molecular weight is 290 g/mol. The Balaban J connectivity index is 3.62. The lowest BCUT2D eigenvalue weighted by molar-refractivity contribution is -0.138. The van der Waals surface area contributed by atoms with Crippen LogP contribution in [0.25, 0.3) is 0 Å². The summed E-state index contributed by atoms with van der Waals surface area (Å²) in [5, 5.41) is 8.49. The molecular formula is C14H26O6. The molecule has 6 heteroatoms. The van der Waals surface area contributed by atoms with E-state index in [2.05, 4.69) is 0 Å². The molecular weight excluding hydrogens is 264 g/mol. The first-order valence-electron chi connectivity index (χ1n) is 6.87. The third-order valence-electron chi connectivity index (χ3n) is 2.64. The third kappa shape index (κ3) is 12.1. The van der Waals surface area contributed by atoms with Crippen LogP contribution in [0, 0.1) is 5.92 Å². The maximum absolute atomic E-state index is 11.5. The second-order valence-electron chi connectivity index (χ2n) is 4.95. The van der Waals surface area contributed by atoms with Crippen molar-refractivity contribution in [2.24, 2.45) is 5.92 Å². The van der Waals surface area contributed by atoms with Gasteiger partial charge in [-0.2, -0.15) is 0 Å². The van der Waals surface area contributed by atoms with E-state index in [-0.39, 0.29) is 30.6 Å². The van der Waals surface area contributed by atoms with Gasteiger partial charge in [-0.3, -0.25) is 9.59 Å². The summed E-state index contributed by atoms with van der Waals surface area (Å²) < 4.78 is 15.8. The summed E-state index contributed by atoms with van der Waals surface area (Å²) in [4.78, 5) is 21.8. The molecule has 118 valence electrons. The van der Waals surface area contributed by atoms with Gasteiger partial charge < -0.3 is 19.3 Å². The first-order chi connectivity index (χ1) is 9.45. The summed E-state index contributed by atoms with van der Waals surface area (Å²) in [5.74, 6) is -0.894. The predicted octanol–water partition coefficient (Wildman–Crippen LogP) is 1.51. The highest BCUT2D eigenvalue weighted by Gasteiger charge is 2.12. The molecule has 0 saturated heterocycles. The molecule has 0 fully saturated rings. The average Bonchev–Trinajstić information content (AvgIpc) is 2.39. The monoisotopic (exact) mass is 290 g/mol. The highest BCUT2D eigenvalue weighted by molar-refractivity contribution is 5.82. The molecule has 0 spiro atoms. The summed E-state index contributed by atoms with van der Waals surface area (Å²) in [6.07, 6.45) is 0.305. The molecule has 0 aliphatic rings. The van der Waals surface area contributed by atoms with Crippen LogP contribution in [-0.2, 0) is 23.8 Å². The van der Waals surface area contributed by atoms with Gasteiger partial charge in [0.1, 0.15) is 5.78 Å². The van der Waals surface area contributed by atoms with Crippen molar-refractivity contribution in [2.75, 3.05) is 33.5 Å². The minimum absolute atomic E-state index is 0.0347. The molecule has 0 aromatic heterocycles. The molecule has 0 aromatic carbocycles. The fourth-order valence-electron chi connectivity index (χ4n) is 1.56. The fraction of sp³-hybridized carbons (Fsp3) is 0.857. The van der Waals surface area contributed by atoms with Crippen molar-refractivity contribution >= 4 is 11.8 Å². The van der Waals surface area contributed by atoms with Crippen molar-refractivity contribution in [3.8, 4) is 0 Å². The topological polar surface area (TPSA) is 82.1 Å². The van der Waals surface area contributed by atoms with Gasteiger partial charge >= 0.3 is 5.97 Å². The molecule has 2 atom stereocenters. The Kier molecular flexibility index (Phi) is 11.2. The number of carbonyl (C=O) groups excluding carboxylic acids is 1. The number of rotatable bonds is 13. The van der Waals surface area contributed by atoms with Gasteiger partial charge in [0.15, 0.2) is 0 Å². The Morgan fingerprint density at radius 3 is 2.40 bits per heavy atom. The summed E-state index contributed by atoms with van der Waals surface area (Å²) in [7, 11) is 1.62. The van der Waals surface area contributed by atoms with Crippen LogP contribution in [0.15, 0.2) is 0 Å². The summed E-state index contributed by atoms with van der Waals surface area (Å²) in [5.41, 5.74) is 0. The Hall–Kier alpha value is -0.980. The quantitative estimate of drug-likeness (QED) is 0.518. The zero-order chi connectivity index (χ0) is 15.4. The minimum Gasteiger partial charge on any atom is -0.481 e. The van der Waals surface area contributed by atoms with Gasteiger partial charge in [-0.25, -0.2) is 0 Å². The lowest BCUT2D eigenvalue weighted by atomic mass is 10.0. The lowest BCUT2D eigenvalue weighted by Crippen LogP contribution is -2.21. The first kappa shape index (κ1) is 19.0. The van der Waals surface area contributed by atoms with E-state index >= 15 is 0 Å². The smallest absolute Gasteiger partial charge is 0.303 e. The van der Waals surface area contributed by atoms with Crippen molar-refractivity contribution in [2.45, 2.75) is 39.2 Å². The molecule has 0 aromatic rings. The molecule has 6 nitrogen and oxygen atoms in total. The number of carboxylic acid groups (broad SMARTS) is 1. The van der Waals surface area contributed by atoms with Crippen LogP contribution in [0.2, 0.25) is 0 Å². The Bertz CT molecular complexity index is 279. The fourth-order valence-corrected chi connectivity index (χ4v) is 1.56. The summed E-state index contributed by atoms with van der Waals surface area (Å²) >= 11 is 0. The Morgan fingerprint density at radius 2 is 1.80 bits per heavy atom. The van der Waals surface area contributed by atoms with Gasteiger partial charge in [0.25, 0.3) is 0 Å². The largest absolute Gasteiger partial charge is 0.481 e. The SMILES string of the molecule is COCCOCC(C)OCC(C)CC(=O)CCC(=O)O. The van der Waals surface area contributed by atoms with Crippen molar-refractivity contribution in [3.05, 3.63) is 0 Å². The molecule has 0 amide bonds. The van der Waals surface area contributed by atoms with Crippen LogP contribution in [0.1, 0.15) is 33.1 Å². The number of ketones is 1. The standard InChI is InChI=1S/C14H26O6/c1-11(8-13(15)4-5-14(16)17)9-20-12(2)10-19-7-6-18-3/h11-12H,4-10H2,1-3H3,(H,16,17). The van der Waals surface area contributed by atoms with Crippen molar-refractivity contribution in [1.82, 2.24) is 0 Å². The molecule has 0 heterocycles. The number of methoxy groups -OCH3 is 1. The van der Waals surface area contributed by atoms with Gasteiger partial charge in [0, 0.05) is 20.0 Å². The minimum atomic E-state index is -0.941. The number of hydrogen-bond donors (Lipinski definition) is 1. The molecule has 0 rings (SSSR count). The molecule has 0 aliphatic carbocycles. The normalized spacial score (nSPS) is 13.9. The first-order valence-corrected chi connectivity index (χ1v) is 6.87. The van der Waals surface area contributed by atoms with Crippen molar-refractivity contribution < 1.29 is 28.9 Å². The Labute approximate surface area is 120 Å². The molecule has 0 bridgehead atoms. The molecule has 1 N–H and O–H groups in total. The van der Waals surface area contributed by atoms with Gasteiger partial charge in [0.05, 0.1) is 39.0 Å².